The van der Waals surface area contributed by atoms with Gasteiger partial charge in [0.15, 0.2) is 0 Å². The number of hydrogen-bond acceptors (Lipinski definition) is 4. The molecule has 1 fully saturated rings. The van der Waals surface area contributed by atoms with Gasteiger partial charge in [-0.3, -0.25) is 0 Å². The topological polar surface area (TPSA) is 52.6 Å². The summed E-state index contributed by atoms with van der Waals surface area (Å²) in [5.41, 5.74) is 0.175. The highest BCUT2D eigenvalue weighted by molar-refractivity contribution is 5.97. The van der Waals surface area contributed by atoms with E-state index >= 15 is 0 Å². The van der Waals surface area contributed by atoms with Gasteiger partial charge in [0, 0.05) is 5.92 Å². The lowest BCUT2D eigenvalue weighted by Gasteiger charge is -2.25. The monoisotopic (exact) mass is 324 g/mol. The first-order valence-corrected chi connectivity index (χ1v) is 7.96. The molecule has 124 valence electrons. The van der Waals surface area contributed by atoms with Crippen molar-refractivity contribution in [3.05, 3.63) is 54.1 Å². The second kappa shape index (κ2) is 5.78. The Morgan fingerprint density at radius 1 is 1.21 bits per heavy atom. The summed E-state index contributed by atoms with van der Waals surface area (Å²) in [5, 5.41) is 1.94. The van der Waals surface area contributed by atoms with Gasteiger partial charge in [-0.25, -0.2) is 9.59 Å². The number of rotatable bonds is 3. The molecule has 1 aliphatic heterocycles. The van der Waals surface area contributed by atoms with Crippen molar-refractivity contribution in [2.24, 2.45) is 5.92 Å². The molecule has 0 aromatic heterocycles. The van der Waals surface area contributed by atoms with Gasteiger partial charge >= 0.3 is 11.9 Å². The Hall–Kier alpha value is -2.62. The smallest absolute Gasteiger partial charge is 0.351 e. The Bertz CT molecular complexity index is 839. The fraction of sp³-hybridized carbons (Fsp3) is 0.300. The molecule has 0 aliphatic carbocycles. The van der Waals surface area contributed by atoms with E-state index in [1.165, 1.54) is 0 Å². The summed E-state index contributed by atoms with van der Waals surface area (Å²) >= 11 is 0. The van der Waals surface area contributed by atoms with E-state index in [1.54, 1.807) is 32.1 Å². The second-order valence-corrected chi connectivity index (χ2v) is 6.42. The van der Waals surface area contributed by atoms with Crippen molar-refractivity contribution in [3.8, 4) is 0 Å². The molecular weight excluding hydrogens is 304 g/mol. The van der Waals surface area contributed by atoms with Gasteiger partial charge in [-0.1, -0.05) is 37.8 Å². The van der Waals surface area contributed by atoms with Crippen LogP contribution in [0.5, 0.6) is 0 Å². The molecule has 1 heterocycles. The molecule has 3 rings (SSSR count). The minimum Gasteiger partial charge on any atom is -0.459 e. The third-order valence-corrected chi connectivity index (χ3v) is 4.91. The first-order valence-electron chi connectivity index (χ1n) is 7.96. The lowest BCUT2D eigenvalue weighted by molar-refractivity contribution is -0.154. The third-order valence-electron chi connectivity index (χ3n) is 4.91. The van der Waals surface area contributed by atoms with Gasteiger partial charge in [0.25, 0.3) is 0 Å². The maximum absolute atomic E-state index is 12.5. The molecular formula is C20H20O4. The summed E-state index contributed by atoms with van der Waals surface area (Å²) in [5.74, 6) is -1.22. The molecule has 1 saturated heterocycles. The molecule has 4 nitrogen and oxygen atoms in total. The first-order chi connectivity index (χ1) is 11.3. The van der Waals surface area contributed by atoms with Crippen LogP contribution in [0.2, 0.25) is 0 Å². The maximum Gasteiger partial charge on any atom is 0.351 e. The largest absolute Gasteiger partial charge is 0.459 e. The van der Waals surface area contributed by atoms with Gasteiger partial charge in [0.1, 0.15) is 6.10 Å². The van der Waals surface area contributed by atoms with Gasteiger partial charge < -0.3 is 9.47 Å². The number of fused-ring (bicyclic) bond motifs is 1. The Morgan fingerprint density at radius 3 is 2.50 bits per heavy atom. The molecule has 0 radical (unpaired) electrons. The maximum atomic E-state index is 12.5. The predicted molar refractivity (Wildman–Crippen MR) is 92.6 cm³/mol. The van der Waals surface area contributed by atoms with Crippen LogP contribution in [0.15, 0.2) is 43.0 Å². The minimum absolute atomic E-state index is 0.204. The van der Waals surface area contributed by atoms with Gasteiger partial charge in [-0.2, -0.15) is 0 Å². The molecule has 0 spiro atoms. The van der Waals surface area contributed by atoms with Crippen LogP contribution in [0.1, 0.15) is 36.7 Å². The molecule has 3 unspecified atom stereocenters. The molecule has 0 saturated carbocycles. The first kappa shape index (κ1) is 16.2. The summed E-state index contributed by atoms with van der Waals surface area (Å²) in [6.07, 6.45) is 1.50. The van der Waals surface area contributed by atoms with E-state index in [1.807, 2.05) is 31.2 Å². The van der Waals surface area contributed by atoms with Crippen LogP contribution in [0.3, 0.4) is 0 Å². The standard InChI is InChI=1S/C20H20O4/c1-5-14-6-7-16-11-17(9-8-15(16)10-14)18(21)24-20(4)12(2)13(3)23-19(20)22/h5-13H,1H2,2-4H3. The number of esters is 2. The molecule has 0 bridgehead atoms. The highest BCUT2D eigenvalue weighted by Crippen LogP contribution is 2.35. The fourth-order valence-electron chi connectivity index (χ4n) is 2.93. The molecule has 24 heavy (non-hydrogen) atoms. The van der Waals surface area contributed by atoms with Crippen LogP contribution in [0.25, 0.3) is 16.8 Å². The van der Waals surface area contributed by atoms with E-state index in [4.69, 9.17) is 9.47 Å². The summed E-state index contributed by atoms with van der Waals surface area (Å²) in [6, 6.07) is 11.2. The van der Waals surface area contributed by atoms with Crippen LogP contribution >= 0.6 is 0 Å². The van der Waals surface area contributed by atoms with Crippen LogP contribution in [-0.2, 0) is 14.3 Å². The van der Waals surface area contributed by atoms with Gasteiger partial charge in [-0.15, -0.1) is 0 Å². The normalized spacial score (nSPS) is 26.2. The average Bonchev–Trinajstić information content (AvgIpc) is 2.77. The van der Waals surface area contributed by atoms with Gasteiger partial charge in [-0.05, 0) is 48.4 Å². The van der Waals surface area contributed by atoms with E-state index in [0.717, 1.165) is 16.3 Å². The third kappa shape index (κ3) is 2.58. The summed E-state index contributed by atoms with van der Waals surface area (Å²) in [7, 11) is 0. The highest BCUT2D eigenvalue weighted by Gasteiger charge is 2.53. The van der Waals surface area contributed by atoms with Crippen molar-refractivity contribution >= 4 is 28.8 Å². The van der Waals surface area contributed by atoms with E-state index in [2.05, 4.69) is 6.58 Å². The molecule has 4 heteroatoms. The van der Waals surface area contributed by atoms with E-state index in [-0.39, 0.29) is 12.0 Å². The fourth-order valence-corrected chi connectivity index (χ4v) is 2.93. The summed E-state index contributed by atoms with van der Waals surface area (Å²) < 4.78 is 10.7. The zero-order chi connectivity index (χ0) is 17.5. The number of ether oxygens (including phenoxy) is 2. The van der Waals surface area contributed by atoms with Gasteiger partial charge in [0.2, 0.25) is 5.60 Å². The zero-order valence-corrected chi connectivity index (χ0v) is 14.0. The van der Waals surface area contributed by atoms with Crippen LogP contribution in [-0.4, -0.2) is 23.6 Å². The molecule has 3 atom stereocenters. The molecule has 2 aromatic rings. The Kier molecular flexibility index (Phi) is 3.91. The number of carbonyl (C=O) groups is 2. The van der Waals surface area contributed by atoms with Crippen molar-refractivity contribution in [1.29, 1.82) is 0 Å². The van der Waals surface area contributed by atoms with Crippen molar-refractivity contribution < 1.29 is 19.1 Å². The summed E-state index contributed by atoms with van der Waals surface area (Å²) in [6.45, 7) is 9.01. The SMILES string of the molecule is C=Cc1ccc2cc(C(=O)OC3(C)C(=O)OC(C)C3C)ccc2c1. The Morgan fingerprint density at radius 2 is 1.88 bits per heavy atom. The number of benzene rings is 2. The Labute approximate surface area is 141 Å². The average molecular weight is 324 g/mol. The van der Waals surface area contributed by atoms with Crippen molar-refractivity contribution in [3.63, 3.8) is 0 Å². The lowest BCUT2D eigenvalue weighted by Crippen LogP contribution is -2.42. The van der Waals surface area contributed by atoms with Crippen molar-refractivity contribution in [2.45, 2.75) is 32.5 Å². The molecule has 1 aliphatic rings. The quantitative estimate of drug-likeness (QED) is 0.801. The van der Waals surface area contributed by atoms with Crippen LogP contribution < -0.4 is 0 Å². The molecule has 2 aromatic carbocycles. The van der Waals surface area contributed by atoms with Crippen LogP contribution in [0.4, 0.5) is 0 Å². The number of cyclic esters (lactones) is 1. The van der Waals surface area contributed by atoms with Gasteiger partial charge in [0.05, 0.1) is 5.56 Å². The number of carbonyl (C=O) groups excluding carboxylic acids is 2. The van der Waals surface area contributed by atoms with E-state index in [9.17, 15) is 9.59 Å². The second-order valence-electron chi connectivity index (χ2n) is 6.42. The predicted octanol–water partition coefficient (Wildman–Crippen LogP) is 3.98. The zero-order valence-electron chi connectivity index (χ0n) is 14.0. The Balaban J connectivity index is 1.89. The highest BCUT2D eigenvalue weighted by atomic mass is 16.6. The number of hydrogen-bond donors (Lipinski definition) is 0. The van der Waals surface area contributed by atoms with E-state index in [0.29, 0.717) is 5.56 Å². The van der Waals surface area contributed by atoms with Crippen LogP contribution in [0, 0.1) is 5.92 Å². The summed E-state index contributed by atoms with van der Waals surface area (Å²) in [4.78, 5) is 24.6. The molecule has 0 N–H and O–H groups in total. The molecule has 0 amide bonds. The van der Waals surface area contributed by atoms with Crippen molar-refractivity contribution in [2.75, 3.05) is 0 Å². The lowest BCUT2D eigenvalue weighted by atomic mass is 9.89. The minimum atomic E-state index is -1.25. The van der Waals surface area contributed by atoms with Crippen molar-refractivity contribution in [1.82, 2.24) is 0 Å². The van der Waals surface area contributed by atoms with E-state index < -0.39 is 17.5 Å².